The van der Waals surface area contributed by atoms with Gasteiger partial charge in [-0.1, -0.05) is 24.3 Å². The zero-order valence-corrected chi connectivity index (χ0v) is 23.5. The van der Waals surface area contributed by atoms with Crippen LogP contribution in [0.25, 0.3) is 10.9 Å². The third-order valence-corrected chi connectivity index (χ3v) is 9.40. The first-order chi connectivity index (χ1) is 19.5. The van der Waals surface area contributed by atoms with Crippen LogP contribution in [0.1, 0.15) is 60.9 Å². The molecule has 1 N–H and O–H groups in total. The molecule has 2 saturated heterocycles. The Bertz CT molecular complexity index is 1340. The number of benzene rings is 2. The number of amides is 2. The highest BCUT2D eigenvalue weighted by molar-refractivity contribution is 6.06. The van der Waals surface area contributed by atoms with Gasteiger partial charge in [-0.15, -0.1) is 0 Å². The van der Waals surface area contributed by atoms with Crippen molar-refractivity contribution < 1.29 is 14.0 Å². The highest BCUT2D eigenvalue weighted by atomic mass is 19.1. The number of para-hydroxylation sites is 1. The second kappa shape index (κ2) is 11.7. The standard InChI is InChI=1S/C33H41FN4O2/c1-23(39)35-15-3-16-37-19-14-27-4-2-5-30(32(27)37)33(40)38-21-28(31(22-38)26-6-7-26)20-36-17-12-25(13-18-36)24-8-10-29(34)11-9-24/h2,4-5,8-11,14,19,25-26,28,31H,3,6-7,12-13,15-18,20-22H2,1H3,(H,35,39)/t28-,31+/m1/s1. The number of nitrogens with one attached hydrogen (secondary N) is 1. The number of nitrogens with zero attached hydrogens (tertiary/aromatic N) is 3. The topological polar surface area (TPSA) is 57.6 Å². The van der Waals surface area contributed by atoms with Gasteiger partial charge in [0.2, 0.25) is 5.91 Å². The number of halogens is 1. The molecule has 3 aliphatic rings. The van der Waals surface area contributed by atoms with Crippen molar-refractivity contribution in [3.63, 3.8) is 0 Å². The van der Waals surface area contributed by atoms with Crippen LogP contribution in [0.4, 0.5) is 4.39 Å². The molecule has 6 nitrogen and oxygen atoms in total. The number of fused-ring (bicyclic) bond motifs is 1. The third kappa shape index (κ3) is 5.95. The minimum Gasteiger partial charge on any atom is -0.356 e. The first kappa shape index (κ1) is 27.0. The van der Waals surface area contributed by atoms with Crippen LogP contribution in [0.2, 0.25) is 0 Å². The van der Waals surface area contributed by atoms with Crippen molar-refractivity contribution in [2.75, 3.05) is 39.3 Å². The lowest BCUT2D eigenvalue weighted by Gasteiger charge is -2.34. The van der Waals surface area contributed by atoms with E-state index in [1.165, 1.54) is 25.3 Å². The average molecular weight is 545 g/mol. The van der Waals surface area contributed by atoms with Crippen molar-refractivity contribution in [3.8, 4) is 0 Å². The summed E-state index contributed by atoms with van der Waals surface area (Å²) in [7, 11) is 0. The zero-order chi connectivity index (χ0) is 27.6. The summed E-state index contributed by atoms with van der Waals surface area (Å²) < 4.78 is 15.5. The number of likely N-dealkylation sites (tertiary alicyclic amines) is 2. The summed E-state index contributed by atoms with van der Waals surface area (Å²) in [4.78, 5) is 30.0. The van der Waals surface area contributed by atoms with Gasteiger partial charge in [0.25, 0.3) is 5.91 Å². The van der Waals surface area contributed by atoms with E-state index in [0.717, 1.165) is 80.9 Å². The Labute approximate surface area is 236 Å². The molecule has 2 amide bonds. The van der Waals surface area contributed by atoms with Gasteiger partial charge in [0.05, 0.1) is 11.1 Å². The van der Waals surface area contributed by atoms with Crippen molar-refractivity contribution >= 4 is 22.7 Å². The molecule has 2 aliphatic heterocycles. The van der Waals surface area contributed by atoms with Crippen molar-refractivity contribution in [2.45, 2.75) is 51.5 Å². The smallest absolute Gasteiger partial charge is 0.256 e. The van der Waals surface area contributed by atoms with Crippen LogP contribution >= 0.6 is 0 Å². The van der Waals surface area contributed by atoms with Gasteiger partial charge in [0.15, 0.2) is 0 Å². The number of carbonyl (C=O) groups excluding carboxylic acids is 2. The second-order valence-electron chi connectivity index (χ2n) is 12.2. The largest absolute Gasteiger partial charge is 0.356 e. The minimum atomic E-state index is -0.168. The van der Waals surface area contributed by atoms with E-state index in [9.17, 15) is 14.0 Å². The molecule has 7 heteroatoms. The van der Waals surface area contributed by atoms with Crippen LogP contribution < -0.4 is 5.32 Å². The van der Waals surface area contributed by atoms with Gasteiger partial charge in [0.1, 0.15) is 5.82 Å². The summed E-state index contributed by atoms with van der Waals surface area (Å²) in [5.74, 6) is 2.33. The predicted octanol–water partition coefficient (Wildman–Crippen LogP) is 5.28. The molecule has 2 aromatic carbocycles. The summed E-state index contributed by atoms with van der Waals surface area (Å²) >= 11 is 0. The molecule has 0 spiro atoms. The molecule has 212 valence electrons. The third-order valence-electron chi connectivity index (χ3n) is 9.40. The van der Waals surface area contributed by atoms with E-state index in [1.54, 1.807) is 12.1 Å². The van der Waals surface area contributed by atoms with Gasteiger partial charge in [-0.05, 0) is 98.7 Å². The molecule has 1 aromatic heterocycles. The van der Waals surface area contributed by atoms with Gasteiger partial charge in [-0.2, -0.15) is 0 Å². The lowest BCUT2D eigenvalue weighted by Crippen LogP contribution is -2.39. The molecular formula is C33H41FN4O2. The van der Waals surface area contributed by atoms with E-state index in [1.807, 2.05) is 24.3 Å². The molecule has 40 heavy (non-hydrogen) atoms. The number of carbonyl (C=O) groups is 2. The fourth-order valence-corrected chi connectivity index (χ4v) is 7.13. The van der Waals surface area contributed by atoms with Crippen LogP contribution in [0.15, 0.2) is 54.7 Å². The Morgan fingerprint density at radius 2 is 1.75 bits per heavy atom. The van der Waals surface area contributed by atoms with Crippen molar-refractivity contribution in [1.82, 2.24) is 19.7 Å². The van der Waals surface area contributed by atoms with Gasteiger partial charge >= 0.3 is 0 Å². The monoisotopic (exact) mass is 544 g/mol. The molecule has 3 fully saturated rings. The van der Waals surface area contributed by atoms with Crippen molar-refractivity contribution in [2.24, 2.45) is 17.8 Å². The quantitative estimate of drug-likeness (QED) is 0.373. The van der Waals surface area contributed by atoms with Crippen LogP contribution in [0.3, 0.4) is 0 Å². The highest BCUT2D eigenvalue weighted by Crippen LogP contribution is 2.45. The maximum atomic E-state index is 14.0. The molecule has 3 heterocycles. The van der Waals surface area contributed by atoms with E-state index < -0.39 is 0 Å². The van der Waals surface area contributed by atoms with E-state index in [4.69, 9.17) is 0 Å². The Morgan fingerprint density at radius 1 is 0.975 bits per heavy atom. The van der Waals surface area contributed by atoms with E-state index in [-0.39, 0.29) is 17.6 Å². The molecule has 6 rings (SSSR count). The van der Waals surface area contributed by atoms with Crippen molar-refractivity contribution in [1.29, 1.82) is 0 Å². The predicted molar refractivity (Wildman–Crippen MR) is 156 cm³/mol. The number of hydrogen-bond donors (Lipinski definition) is 1. The van der Waals surface area contributed by atoms with Gasteiger partial charge in [0, 0.05) is 51.2 Å². The molecule has 0 radical (unpaired) electrons. The lowest BCUT2D eigenvalue weighted by molar-refractivity contribution is -0.118. The Hall–Kier alpha value is -3.19. The number of aromatic nitrogens is 1. The molecule has 3 aromatic rings. The minimum absolute atomic E-state index is 0.0146. The number of aryl methyl sites for hydroxylation is 1. The Morgan fingerprint density at radius 3 is 2.48 bits per heavy atom. The maximum Gasteiger partial charge on any atom is 0.256 e. The van der Waals surface area contributed by atoms with E-state index in [2.05, 4.69) is 38.0 Å². The first-order valence-electron chi connectivity index (χ1n) is 15.1. The fourth-order valence-electron chi connectivity index (χ4n) is 7.13. The number of piperidine rings is 1. The summed E-state index contributed by atoms with van der Waals surface area (Å²) in [5, 5.41) is 3.95. The van der Waals surface area contributed by atoms with Gasteiger partial charge < -0.3 is 19.7 Å². The SMILES string of the molecule is CC(=O)NCCCn1ccc2cccc(C(=O)N3C[C@@H](CN4CCC(c5ccc(F)cc5)CC4)[C@H](C4CC4)C3)c21. The lowest BCUT2D eigenvalue weighted by atomic mass is 9.87. The van der Waals surface area contributed by atoms with E-state index >= 15 is 0 Å². The molecule has 2 atom stereocenters. The van der Waals surface area contributed by atoms with Gasteiger partial charge in [-0.25, -0.2) is 4.39 Å². The summed E-state index contributed by atoms with van der Waals surface area (Å²) in [6.07, 6.45) is 7.68. The molecule has 1 aliphatic carbocycles. The average Bonchev–Trinajstić information content (AvgIpc) is 3.59. The van der Waals surface area contributed by atoms with Crippen LogP contribution in [0, 0.1) is 23.6 Å². The Balaban J connectivity index is 1.11. The fraction of sp³-hybridized carbons (Fsp3) is 0.515. The normalized spacial score (nSPS) is 22.2. The zero-order valence-electron chi connectivity index (χ0n) is 23.5. The highest BCUT2D eigenvalue weighted by Gasteiger charge is 2.44. The Kier molecular flexibility index (Phi) is 7.92. The summed E-state index contributed by atoms with van der Waals surface area (Å²) in [5.41, 5.74) is 3.05. The maximum absolute atomic E-state index is 14.0. The second-order valence-corrected chi connectivity index (χ2v) is 12.2. The number of rotatable bonds is 9. The molecule has 0 unspecified atom stereocenters. The van der Waals surface area contributed by atoms with Crippen LogP contribution in [-0.4, -0.2) is 65.4 Å². The molecule has 1 saturated carbocycles. The van der Waals surface area contributed by atoms with Gasteiger partial charge in [-0.3, -0.25) is 9.59 Å². The van der Waals surface area contributed by atoms with Crippen molar-refractivity contribution in [3.05, 3.63) is 71.7 Å². The summed E-state index contributed by atoms with van der Waals surface area (Å²) in [6.45, 7) is 7.81. The van der Waals surface area contributed by atoms with Crippen LogP contribution in [-0.2, 0) is 11.3 Å². The molecule has 0 bridgehead atoms. The summed E-state index contributed by atoms with van der Waals surface area (Å²) in [6, 6.07) is 15.2. The molecular weight excluding hydrogens is 503 g/mol. The first-order valence-corrected chi connectivity index (χ1v) is 15.1. The number of hydrogen-bond acceptors (Lipinski definition) is 3. The van der Waals surface area contributed by atoms with E-state index in [0.29, 0.717) is 24.3 Å². The van der Waals surface area contributed by atoms with Crippen LogP contribution in [0.5, 0.6) is 0 Å².